The smallest absolute Gasteiger partial charge is 0.258 e. The molecule has 0 radical (unpaired) electrons. The molecule has 0 saturated carbocycles. The van der Waals surface area contributed by atoms with Gasteiger partial charge < -0.3 is 14.9 Å². The van der Waals surface area contributed by atoms with Crippen molar-refractivity contribution < 1.29 is 18.8 Å². The van der Waals surface area contributed by atoms with Gasteiger partial charge in [0.25, 0.3) is 5.91 Å². The Hall–Kier alpha value is -2.65. The van der Waals surface area contributed by atoms with Gasteiger partial charge in [0.2, 0.25) is 0 Å². The van der Waals surface area contributed by atoms with Crippen LogP contribution in [0.4, 0.5) is 10.1 Å². The minimum atomic E-state index is -0.672. The van der Waals surface area contributed by atoms with Gasteiger partial charge in [-0.1, -0.05) is 17.0 Å². The molecule has 1 aromatic heterocycles. The molecule has 0 aliphatic carbocycles. The molecular weight excluding hydrogens is 263 g/mol. The molecule has 6 heteroatoms. The number of nitrogens with one attached hydrogen (secondary N) is 1. The van der Waals surface area contributed by atoms with Gasteiger partial charge >= 0.3 is 0 Å². The third-order valence-electron chi connectivity index (χ3n) is 2.37. The second-order valence-corrected chi connectivity index (χ2v) is 3.84. The number of hydrogen-bond donors (Lipinski definition) is 2. The SMILES string of the molecule is O=C(Nc1cnoc1)c1ccc(C#CCCO)cc1F. The van der Waals surface area contributed by atoms with Crippen molar-refractivity contribution in [1.29, 1.82) is 0 Å². The number of aliphatic hydroxyl groups is 1. The van der Waals surface area contributed by atoms with Crippen molar-refractivity contribution in [3.63, 3.8) is 0 Å². The van der Waals surface area contributed by atoms with Crippen LogP contribution in [0.1, 0.15) is 22.3 Å². The number of anilines is 1. The van der Waals surface area contributed by atoms with E-state index in [4.69, 9.17) is 5.11 Å². The summed E-state index contributed by atoms with van der Waals surface area (Å²) in [6, 6.07) is 4.06. The van der Waals surface area contributed by atoms with E-state index in [0.29, 0.717) is 17.7 Å². The van der Waals surface area contributed by atoms with Gasteiger partial charge in [-0.25, -0.2) is 4.39 Å². The van der Waals surface area contributed by atoms with Gasteiger partial charge in [0, 0.05) is 12.0 Å². The molecule has 5 nitrogen and oxygen atoms in total. The standard InChI is InChI=1S/C14H11FN2O3/c15-13-7-10(3-1-2-6-18)4-5-12(13)14(19)17-11-8-16-20-9-11/h4-5,7-9,18H,2,6H2,(H,17,19). The normalized spacial score (nSPS) is 9.70. The maximum atomic E-state index is 13.8. The predicted octanol–water partition coefficient (Wildman–Crippen LogP) is 1.80. The lowest BCUT2D eigenvalue weighted by Gasteiger charge is -2.03. The zero-order chi connectivity index (χ0) is 14.4. The van der Waals surface area contributed by atoms with Crippen molar-refractivity contribution in [2.45, 2.75) is 6.42 Å². The molecule has 0 spiro atoms. The van der Waals surface area contributed by atoms with Crippen molar-refractivity contribution >= 4 is 11.6 Å². The van der Waals surface area contributed by atoms with Crippen LogP contribution in [0.2, 0.25) is 0 Å². The van der Waals surface area contributed by atoms with Crippen molar-refractivity contribution in [1.82, 2.24) is 5.16 Å². The van der Waals surface area contributed by atoms with Gasteiger partial charge in [-0.3, -0.25) is 4.79 Å². The summed E-state index contributed by atoms with van der Waals surface area (Å²) in [4.78, 5) is 11.8. The number of carbonyl (C=O) groups excluding carboxylic acids is 1. The van der Waals surface area contributed by atoms with Crippen LogP contribution in [0.25, 0.3) is 0 Å². The summed E-state index contributed by atoms with van der Waals surface area (Å²) >= 11 is 0. The molecule has 0 saturated heterocycles. The lowest BCUT2D eigenvalue weighted by atomic mass is 10.1. The molecule has 0 aliphatic heterocycles. The quantitative estimate of drug-likeness (QED) is 0.837. The molecule has 2 aromatic rings. The summed E-state index contributed by atoms with van der Waals surface area (Å²) in [6.45, 7) is -0.0469. The number of carbonyl (C=O) groups is 1. The van der Waals surface area contributed by atoms with E-state index in [2.05, 4.69) is 26.8 Å². The van der Waals surface area contributed by atoms with E-state index in [0.717, 1.165) is 0 Å². The van der Waals surface area contributed by atoms with E-state index in [1.54, 1.807) is 0 Å². The number of nitrogens with zero attached hydrogens (tertiary/aromatic N) is 1. The van der Waals surface area contributed by atoms with Gasteiger partial charge in [-0.15, -0.1) is 0 Å². The molecule has 2 N–H and O–H groups in total. The largest absolute Gasteiger partial charge is 0.395 e. The third-order valence-corrected chi connectivity index (χ3v) is 2.37. The zero-order valence-corrected chi connectivity index (χ0v) is 10.4. The Morgan fingerprint density at radius 3 is 3.00 bits per heavy atom. The first kappa shape index (κ1) is 13.8. The molecule has 1 aromatic carbocycles. The second kappa shape index (κ2) is 6.50. The Kier molecular flexibility index (Phi) is 4.47. The molecule has 0 bridgehead atoms. The average Bonchev–Trinajstić information content (AvgIpc) is 2.92. The number of amides is 1. The third kappa shape index (κ3) is 3.43. The summed E-state index contributed by atoms with van der Waals surface area (Å²) in [6.07, 6.45) is 2.87. The fraction of sp³-hybridized carbons (Fsp3) is 0.143. The van der Waals surface area contributed by atoms with E-state index in [1.165, 1.54) is 30.7 Å². The van der Waals surface area contributed by atoms with Crippen molar-refractivity contribution in [2.75, 3.05) is 11.9 Å². The topological polar surface area (TPSA) is 75.4 Å². The van der Waals surface area contributed by atoms with E-state index in [9.17, 15) is 9.18 Å². The second-order valence-electron chi connectivity index (χ2n) is 3.84. The summed E-state index contributed by atoms with van der Waals surface area (Å²) in [5, 5.41) is 14.5. The highest BCUT2D eigenvalue weighted by Gasteiger charge is 2.12. The summed E-state index contributed by atoms with van der Waals surface area (Å²) in [5.41, 5.74) is 0.692. The Labute approximate surface area is 114 Å². The number of hydrogen-bond acceptors (Lipinski definition) is 4. The van der Waals surface area contributed by atoms with Gasteiger partial charge in [0.15, 0.2) is 0 Å². The molecule has 0 atom stereocenters. The van der Waals surface area contributed by atoms with Gasteiger partial charge in [-0.2, -0.15) is 0 Å². The van der Waals surface area contributed by atoms with Crippen LogP contribution in [0.3, 0.4) is 0 Å². The fourth-order valence-electron chi connectivity index (χ4n) is 1.46. The fourth-order valence-corrected chi connectivity index (χ4v) is 1.46. The highest BCUT2D eigenvalue weighted by Crippen LogP contribution is 2.13. The number of benzene rings is 1. The van der Waals surface area contributed by atoms with E-state index in [1.807, 2.05) is 0 Å². The lowest BCUT2D eigenvalue weighted by molar-refractivity contribution is 0.102. The van der Waals surface area contributed by atoms with Gasteiger partial charge in [0.1, 0.15) is 17.8 Å². The molecule has 102 valence electrons. The van der Waals surface area contributed by atoms with Crippen LogP contribution < -0.4 is 5.32 Å². The molecule has 0 aliphatic rings. The highest BCUT2D eigenvalue weighted by atomic mass is 19.1. The Balaban J connectivity index is 2.13. The Morgan fingerprint density at radius 2 is 2.35 bits per heavy atom. The first-order valence-corrected chi connectivity index (χ1v) is 5.80. The van der Waals surface area contributed by atoms with Crippen molar-refractivity contribution in [3.05, 3.63) is 47.6 Å². The number of aromatic nitrogens is 1. The molecule has 1 amide bonds. The van der Waals surface area contributed by atoms with E-state index < -0.39 is 11.7 Å². The first-order valence-electron chi connectivity index (χ1n) is 5.80. The van der Waals surface area contributed by atoms with Gasteiger partial charge in [-0.05, 0) is 18.2 Å². The molecule has 20 heavy (non-hydrogen) atoms. The predicted molar refractivity (Wildman–Crippen MR) is 69.4 cm³/mol. The summed E-state index contributed by atoms with van der Waals surface area (Å²) in [7, 11) is 0. The van der Waals surface area contributed by atoms with E-state index in [-0.39, 0.29) is 12.2 Å². The van der Waals surface area contributed by atoms with Crippen LogP contribution in [0.15, 0.2) is 35.2 Å². The number of rotatable bonds is 3. The Bertz CT molecular complexity index is 657. The molecule has 2 rings (SSSR count). The number of aliphatic hydroxyl groups excluding tert-OH is 1. The van der Waals surface area contributed by atoms with Crippen LogP contribution >= 0.6 is 0 Å². The highest BCUT2D eigenvalue weighted by molar-refractivity contribution is 6.04. The molecule has 1 heterocycles. The first-order chi connectivity index (χ1) is 9.70. The number of halogens is 1. The lowest BCUT2D eigenvalue weighted by Crippen LogP contribution is -2.13. The summed E-state index contributed by atoms with van der Waals surface area (Å²) < 4.78 is 18.4. The average molecular weight is 274 g/mol. The van der Waals surface area contributed by atoms with Crippen LogP contribution in [-0.2, 0) is 0 Å². The zero-order valence-electron chi connectivity index (χ0n) is 10.4. The monoisotopic (exact) mass is 274 g/mol. The maximum absolute atomic E-state index is 13.8. The van der Waals surface area contributed by atoms with Crippen LogP contribution in [0.5, 0.6) is 0 Å². The minimum absolute atomic E-state index is 0.0469. The maximum Gasteiger partial charge on any atom is 0.258 e. The van der Waals surface area contributed by atoms with E-state index >= 15 is 0 Å². The minimum Gasteiger partial charge on any atom is -0.395 e. The summed E-state index contributed by atoms with van der Waals surface area (Å²) in [5.74, 6) is 4.10. The molecular formula is C14H11FN2O3. The molecule has 0 unspecified atom stereocenters. The molecule has 0 fully saturated rings. The van der Waals surface area contributed by atoms with Crippen LogP contribution in [0, 0.1) is 17.7 Å². The Morgan fingerprint density at radius 1 is 1.50 bits per heavy atom. The van der Waals surface area contributed by atoms with Crippen molar-refractivity contribution in [3.8, 4) is 11.8 Å². The van der Waals surface area contributed by atoms with Crippen LogP contribution in [-0.4, -0.2) is 22.8 Å². The van der Waals surface area contributed by atoms with Gasteiger partial charge in [0.05, 0.1) is 18.4 Å². The van der Waals surface area contributed by atoms with Crippen molar-refractivity contribution in [2.24, 2.45) is 0 Å².